The van der Waals surface area contributed by atoms with Crippen LogP contribution in [0.1, 0.15) is 79.0 Å². The summed E-state index contributed by atoms with van der Waals surface area (Å²) in [5.41, 5.74) is 3.67. The molecule has 1 rings (SSSR count). The third-order valence-electron chi connectivity index (χ3n) is 3.37. The van der Waals surface area contributed by atoms with Gasteiger partial charge in [-0.1, -0.05) is 54.5 Å². The van der Waals surface area contributed by atoms with Gasteiger partial charge in [0.2, 0.25) is 5.95 Å². The quantitative estimate of drug-likeness (QED) is 0.752. The smallest absolute Gasteiger partial charge is 0.222 e. The second-order valence-corrected chi connectivity index (χ2v) is 6.68. The molecule has 1 unspecified atom stereocenters. The van der Waals surface area contributed by atoms with Gasteiger partial charge in [-0.3, -0.25) is 0 Å². The van der Waals surface area contributed by atoms with Crippen LogP contribution in [-0.4, -0.2) is 17.0 Å². The van der Waals surface area contributed by atoms with Gasteiger partial charge in [-0.2, -0.15) is 0 Å². The Morgan fingerprint density at radius 2 is 1.73 bits per heavy atom. The molecule has 0 saturated heterocycles. The van der Waals surface area contributed by atoms with E-state index in [1.54, 1.807) is 0 Å². The summed E-state index contributed by atoms with van der Waals surface area (Å²) in [6.45, 7) is 17.4. The van der Waals surface area contributed by atoms with Crippen LogP contribution in [0.3, 0.4) is 0 Å². The Bertz CT molecular complexity index is 459. The van der Waals surface area contributed by atoms with Crippen LogP contribution < -0.4 is 5.32 Å². The second kappa shape index (κ2) is 10.4. The fraction of sp³-hybridized carbons (Fsp3) is 0.684. The van der Waals surface area contributed by atoms with E-state index in [0.29, 0.717) is 17.8 Å². The van der Waals surface area contributed by atoms with Crippen molar-refractivity contribution in [3.63, 3.8) is 0 Å². The molecule has 1 N–H and O–H groups in total. The number of hydrogen-bond acceptors (Lipinski definition) is 3. The van der Waals surface area contributed by atoms with Crippen molar-refractivity contribution >= 4 is 11.5 Å². The minimum atomic E-state index is 0.448. The lowest BCUT2D eigenvalue weighted by Gasteiger charge is -2.18. The molecule has 0 aliphatic heterocycles. The maximum atomic E-state index is 4.65. The molecule has 0 aliphatic rings. The van der Waals surface area contributed by atoms with Gasteiger partial charge in [0.25, 0.3) is 0 Å². The Kier molecular flexibility index (Phi) is 9.71. The van der Waals surface area contributed by atoms with E-state index in [2.05, 4.69) is 76.8 Å². The van der Waals surface area contributed by atoms with Crippen LogP contribution >= 0.6 is 0 Å². The zero-order chi connectivity index (χ0) is 17.3. The first-order chi connectivity index (χ1) is 10.3. The van der Waals surface area contributed by atoms with Crippen LogP contribution in [0.4, 0.5) is 5.95 Å². The van der Waals surface area contributed by atoms with Gasteiger partial charge in [0, 0.05) is 18.8 Å². The van der Waals surface area contributed by atoms with E-state index in [1.165, 1.54) is 11.1 Å². The van der Waals surface area contributed by atoms with Gasteiger partial charge in [0.05, 0.1) is 5.69 Å². The van der Waals surface area contributed by atoms with Gasteiger partial charge in [-0.15, -0.1) is 0 Å². The highest BCUT2D eigenvalue weighted by Gasteiger charge is 2.17. The molecule has 1 atom stereocenters. The van der Waals surface area contributed by atoms with E-state index in [9.17, 15) is 0 Å². The SMILES string of the molecule is C/C=C(\c1cnc(NC)nc1C(C)CC)C(C)C.CC(C)C. The highest BCUT2D eigenvalue weighted by molar-refractivity contribution is 5.68. The fourth-order valence-electron chi connectivity index (χ4n) is 2.11. The summed E-state index contributed by atoms with van der Waals surface area (Å²) >= 11 is 0. The summed E-state index contributed by atoms with van der Waals surface area (Å²) in [6, 6.07) is 0. The highest BCUT2D eigenvalue weighted by atomic mass is 15.1. The van der Waals surface area contributed by atoms with Crippen LogP contribution in [0.2, 0.25) is 0 Å². The molecular weight excluding hydrogens is 270 g/mol. The number of anilines is 1. The fourth-order valence-corrected chi connectivity index (χ4v) is 2.11. The minimum absolute atomic E-state index is 0.448. The molecule has 0 radical (unpaired) electrons. The molecule has 126 valence electrons. The summed E-state index contributed by atoms with van der Waals surface area (Å²) in [4.78, 5) is 9.01. The van der Waals surface area contributed by atoms with Crippen molar-refractivity contribution < 1.29 is 0 Å². The maximum absolute atomic E-state index is 4.65. The van der Waals surface area contributed by atoms with Crippen molar-refractivity contribution in [1.82, 2.24) is 9.97 Å². The number of allylic oxidation sites excluding steroid dienone is 2. The molecule has 22 heavy (non-hydrogen) atoms. The molecule has 1 aromatic heterocycles. The van der Waals surface area contributed by atoms with Gasteiger partial charge >= 0.3 is 0 Å². The molecule has 1 heterocycles. The number of aromatic nitrogens is 2. The zero-order valence-corrected chi connectivity index (χ0v) is 16.0. The van der Waals surface area contributed by atoms with E-state index >= 15 is 0 Å². The topological polar surface area (TPSA) is 37.8 Å². The molecule has 0 aromatic carbocycles. The number of nitrogens with one attached hydrogen (secondary N) is 1. The van der Waals surface area contributed by atoms with Crippen molar-refractivity contribution in [2.24, 2.45) is 11.8 Å². The normalized spacial score (nSPS) is 13.0. The largest absolute Gasteiger partial charge is 0.357 e. The van der Waals surface area contributed by atoms with Gasteiger partial charge in [0.15, 0.2) is 0 Å². The van der Waals surface area contributed by atoms with E-state index in [4.69, 9.17) is 0 Å². The summed E-state index contributed by atoms with van der Waals surface area (Å²) in [5, 5.41) is 3.02. The lowest BCUT2D eigenvalue weighted by Crippen LogP contribution is -2.08. The predicted octanol–water partition coefficient (Wildman–Crippen LogP) is 5.75. The molecule has 0 aliphatic carbocycles. The Labute approximate surface area is 137 Å². The number of nitrogens with zero attached hydrogens (tertiary/aromatic N) is 2. The summed E-state index contributed by atoms with van der Waals surface area (Å²) in [7, 11) is 1.86. The summed E-state index contributed by atoms with van der Waals surface area (Å²) in [6.07, 6.45) is 5.21. The first-order valence-electron chi connectivity index (χ1n) is 8.49. The molecule has 0 spiro atoms. The lowest BCUT2D eigenvalue weighted by atomic mass is 9.90. The Morgan fingerprint density at radius 3 is 2.09 bits per heavy atom. The number of rotatable bonds is 5. The average Bonchev–Trinajstić information content (AvgIpc) is 2.46. The van der Waals surface area contributed by atoms with Gasteiger partial charge in [-0.25, -0.2) is 9.97 Å². The minimum Gasteiger partial charge on any atom is -0.357 e. The Morgan fingerprint density at radius 1 is 1.18 bits per heavy atom. The van der Waals surface area contributed by atoms with E-state index in [1.807, 2.05) is 13.2 Å². The van der Waals surface area contributed by atoms with Crippen LogP contribution in [0.5, 0.6) is 0 Å². The first-order valence-corrected chi connectivity index (χ1v) is 8.49. The molecule has 0 saturated carbocycles. The third kappa shape index (κ3) is 6.59. The Balaban J connectivity index is 0.000000980. The van der Waals surface area contributed by atoms with Gasteiger partial charge in [-0.05, 0) is 36.7 Å². The van der Waals surface area contributed by atoms with Crippen molar-refractivity contribution in [1.29, 1.82) is 0 Å². The van der Waals surface area contributed by atoms with E-state index < -0.39 is 0 Å². The standard InChI is InChI=1S/C15H25N3.C4H10/c1-7-11(5)14-13(12(8-2)10(3)4)9-17-15(16-6)18-14;1-4(2)3/h8-11H,7H2,1-6H3,(H,16,17,18);4H,1-3H3/b12-8-;. The van der Waals surface area contributed by atoms with E-state index in [-0.39, 0.29) is 0 Å². The molecule has 1 aromatic rings. The van der Waals surface area contributed by atoms with Crippen LogP contribution in [0, 0.1) is 11.8 Å². The predicted molar refractivity (Wildman–Crippen MR) is 99.3 cm³/mol. The van der Waals surface area contributed by atoms with Gasteiger partial charge < -0.3 is 5.32 Å². The van der Waals surface area contributed by atoms with E-state index in [0.717, 1.165) is 18.0 Å². The molecule has 3 nitrogen and oxygen atoms in total. The monoisotopic (exact) mass is 305 g/mol. The first kappa shape index (κ1) is 20.6. The third-order valence-corrected chi connectivity index (χ3v) is 3.37. The Hall–Kier alpha value is -1.38. The second-order valence-electron chi connectivity index (χ2n) is 6.68. The van der Waals surface area contributed by atoms with Crippen LogP contribution in [0.15, 0.2) is 12.3 Å². The van der Waals surface area contributed by atoms with Gasteiger partial charge in [0.1, 0.15) is 0 Å². The van der Waals surface area contributed by atoms with Crippen LogP contribution in [-0.2, 0) is 0 Å². The highest BCUT2D eigenvalue weighted by Crippen LogP contribution is 2.30. The summed E-state index contributed by atoms with van der Waals surface area (Å²) < 4.78 is 0. The molecule has 0 amide bonds. The van der Waals surface area contributed by atoms with Crippen molar-refractivity contribution in [3.8, 4) is 0 Å². The number of hydrogen-bond donors (Lipinski definition) is 1. The molecule has 0 bridgehead atoms. The summed E-state index contributed by atoms with van der Waals surface area (Å²) in [5.74, 6) is 2.47. The molecule has 0 fully saturated rings. The molecular formula is C19H35N3. The van der Waals surface area contributed by atoms with Crippen molar-refractivity contribution in [2.75, 3.05) is 12.4 Å². The average molecular weight is 306 g/mol. The van der Waals surface area contributed by atoms with Crippen molar-refractivity contribution in [2.45, 2.75) is 67.7 Å². The van der Waals surface area contributed by atoms with Crippen LogP contribution in [0.25, 0.3) is 5.57 Å². The maximum Gasteiger partial charge on any atom is 0.222 e. The molecule has 3 heteroatoms. The lowest BCUT2D eigenvalue weighted by molar-refractivity contribution is 0.699. The van der Waals surface area contributed by atoms with Crippen molar-refractivity contribution in [3.05, 3.63) is 23.5 Å². The zero-order valence-electron chi connectivity index (χ0n) is 16.0.